The fraction of sp³-hybridized carbons (Fsp3) is 0.455. The first kappa shape index (κ1) is 10.3. The predicted octanol–water partition coefficient (Wildman–Crippen LogP) is 3.99. The highest BCUT2D eigenvalue weighted by molar-refractivity contribution is 9.10. The van der Waals surface area contributed by atoms with Crippen molar-refractivity contribution in [3.63, 3.8) is 0 Å². The Kier molecular flexibility index (Phi) is 3.03. The zero-order valence-electron chi connectivity index (χ0n) is 8.07. The zero-order valence-corrected chi connectivity index (χ0v) is 10.4. The lowest BCUT2D eigenvalue weighted by Crippen LogP contribution is -2.06. The second kappa shape index (κ2) is 4.11. The van der Waals surface area contributed by atoms with Crippen LogP contribution in [0, 0.1) is 0 Å². The number of halogens is 2. The van der Waals surface area contributed by atoms with Crippen LogP contribution in [0.15, 0.2) is 10.5 Å². The van der Waals surface area contributed by atoms with E-state index in [1.165, 1.54) is 24.0 Å². The van der Waals surface area contributed by atoms with Gasteiger partial charge in [0, 0.05) is 5.02 Å². The zero-order chi connectivity index (χ0) is 10.1. The first-order chi connectivity index (χ1) is 6.74. The lowest BCUT2D eigenvalue weighted by molar-refractivity contribution is 0.403. The van der Waals surface area contributed by atoms with Crippen molar-refractivity contribution < 1.29 is 4.74 Å². The summed E-state index contributed by atoms with van der Waals surface area (Å²) in [7, 11) is 1.71. The fourth-order valence-corrected chi connectivity index (χ4v) is 3.13. The maximum absolute atomic E-state index is 6.19. The van der Waals surface area contributed by atoms with Crippen LogP contribution in [0.3, 0.4) is 0 Å². The summed E-state index contributed by atoms with van der Waals surface area (Å²) < 4.78 is 6.36. The van der Waals surface area contributed by atoms with E-state index in [1.54, 1.807) is 7.11 Å². The lowest BCUT2D eigenvalue weighted by Gasteiger charge is -2.20. The van der Waals surface area contributed by atoms with E-state index in [0.717, 1.165) is 28.1 Å². The van der Waals surface area contributed by atoms with Crippen LogP contribution in [0.25, 0.3) is 0 Å². The molecule has 14 heavy (non-hydrogen) atoms. The predicted molar refractivity (Wildman–Crippen MR) is 62.3 cm³/mol. The summed E-state index contributed by atoms with van der Waals surface area (Å²) in [5.74, 6) is 0.962. The van der Waals surface area contributed by atoms with Gasteiger partial charge >= 0.3 is 0 Å². The Labute approximate surface area is 97.5 Å². The van der Waals surface area contributed by atoms with E-state index in [-0.39, 0.29) is 0 Å². The lowest BCUT2D eigenvalue weighted by atomic mass is 9.91. The molecule has 0 radical (unpaired) electrons. The van der Waals surface area contributed by atoms with Crippen molar-refractivity contribution in [1.82, 2.24) is 0 Å². The van der Waals surface area contributed by atoms with Gasteiger partial charge in [-0.05, 0) is 58.8 Å². The molecule has 0 unspecified atom stereocenters. The van der Waals surface area contributed by atoms with E-state index in [1.807, 2.05) is 6.07 Å². The molecule has 3 heteroatoms. The Hall–Kier alpha value is -0.210. The van der Waals surface area contributed by atoms with Gasteiger partial charge in [-0.1, -0.05) is 11.6 Å². The Morgan fingerprint density at radius 1 is 1.29 bits per heavy atom. The minimum Gasteiger partial charge on any atom is -0.495 e. The minimum absolute atomic E-state index is 0.868. The van der Waals surface area contributed by atoms with E-state index in [4.69, 9.17) is 16.3 Å². The third-order valence-electron chi connectivity index (χ3n) is 2.70. The monoisotopic (exact) mass is 274 g/mol. The van der Waals surface area contributed by atoms with Gasteiger partial charge in [-0.3, -0.25) is 0 Å². The number of hydrogen-bond donors (Lipinski definition) is 0. The smallest absolute Gasteiger partial charge is 0.136 e. The molecule has 0 saturated heterocycles. The molecule has 0 N–H and O–H groups in total. The molecule has 0 amide bonds. The number of ether oxygens (including phenoxy) is 1. The number of rotatable bonds is 1. The van der Waals surface area contributed by atoms with E-state index < -0.39 is 0 Å². The molecule has 0 fully saturated rings. The molecule has 0 bridgehead atoms. The maximum atomic E-state index is 6.19. The Morgan fingerprint density at radius 2 is 1.93 bits per heavy atom. The molecule has 1 aromatic rings. The van der Waals surface area contributed by atoms with Crippen LogP contribution in [0.5, 0.6) is 5.75 Å². The van der Waals surface area contributed by atoms with Crippen LogP contribution in [0.4, 0.5) is 0 Å². The maximum Gasteiger partial charge on any atom is 0.136 e. The van der Waals surface area contributed by atoms with Crippen molar-refractivity contribution in [3.05, 3.63) is 26.7 Å². The second-order valence-electron chi connectivity index (χ2n) is 3.54. The molecular weight excluding hydrogens is 263 g/mol. The average molecular weight is 276 g/mol. The topological polar surface area (TPSA) is 9.23 Å². The highest BCUT2D eigenvalue weighted by Gasteiger charge is 2.19. The quantitative estimate of drug-likeness (QED) is 0.753. The van der Waals surface area contributed by atoms with Gasteiger partial charge in [0.05, 0.1) is 11.6 Å². The summed E-state index contributed by atoms with van der Waals surface area (Å²) in [6.45, 7) is 0. The summed E-state index contributed by atoms with van der Waals surface area (Å²) in [4.78, 5) is 0. The van der Waals surface area contributed by atoms with Crippen molar-refractivity contribution in [3.8, 4) is 5.75 Å². The molecule has 0 spiro atoms. The van der Waals surface area contributed by atoms with Crippen LogP contribution in [0.2, 0.25) is 5.02 Å². The van der Waals surface area contributed by atoms with Crippen LogP contribution in [0.1, 0.15) is 24.0 Å². The molecular formula is C11H12BrClO. The van der Waals surface area contributed by atoms with Crippen molar-refractivity contribution >= 4 is 27.5 Å². The molecule has 0 heterocycles. The molecule has 1 aliphatic carbocycles. The standard InChI is InChI=1S/C11H12BrClO/c1-14-11-8-5-3-2-4-7(8)10(13)6-9(11)12/h6H,2-5H2,1H3. The van der Waals surface area contributed by atoms with Gasteiger partial charge in [-0.25, -0.2) is 0 Å². The van der Waals surface area contributed by atoms with E-state index in [2.05, 4.69) is 15.9 Å². The Morgan fingerprint density at radius 3 is 2.57 bits per heavy atom. The third kappa shape index (κ3) is 1.66. The number of benzene rings is 1. The fourth-order valence-electron chi connectivity index (χ4n) is 2.05. The molecule has 2 rings (SSSR count). The number of fused-ring (bicyclic) bond motifs is 1. The molecule has 0 aliphatic heterocycles. The third-order valence-corrected chi connectivity index (χ3v) is 3.63. The van der Waals surface area contributed by atoms with Crippen LogP contribution >= 0.6 is 27.5 Å². The average Bonchev–Trinajstić information content (AvgIpc) is 2.18. The highest BCUT2D eigenvalue weighted by Crippen LogP contribution is 2.39. The first-order valence-electron chi connectivity index (χ1n) is 4.77. The van der Waals surface area contributed by atoms with Gasteiger partial charge < -0.3 is 4.74 Å². The molecule has 1 nitrogen and oxygen atoms in total. The molecule has 0 atom stereocenters. The van der Waals surface area contributed by atoms with Gasteiger partial charge in [0.25, 0.3) is 0 Å². The van der Waals surface area contributed by atoms with Gasteiger partial charge in [-0.2, -0.15) is 0 Å². The summed E-state index contributed by atoms with van der Waals surface area (Å²) >= 11 is 9.67. The van der Waals surface area contributed by atoms with Crippen LogP contribution in [-0.4, -0.2) is 7.11 Å². The summed E-state index contributed by atoms with van der Waals surface area (Å²) in [5.41, 5.74) is 2.57. The van der Waals surface area contributed by atoms with Gasteiger partial charge in [-0.15, -0.1) is 0 Å². The molecule has 0 saturated carbocycles. The Bertz CT molecular complexity index is 343. The largest absolute Gasteiger partial charge is 0.495 e. The summed E-state index contributed by atoms with van der Waals surface area (Å²) in [6.07, 6.45) is 4.63. The summed E-state index contributed by atoms with van der Waals surface area (Å²) in [5, 5.41) is 0.868. The SMILES string of the molecule is COc1c(Br)cc(Cl)c2c1CCCC2. The van der Waals surface area contributed by atoms with Gasteiger partial charge in [0.1, 0.15) is 5.75 Å². The minimum atomic E-state index is 0.868. The second-order valence-corrected chi connectivity index (χ2v) is 4.80. The van der Waals surface area contributed by atoms with Crippen molar-refractivity contribution in [2.45, 2.75) is 25.7 Å². The van der Waals surface area contributed by atoms with Crippen LogP contribution < -0.4 is 4.74 Å². The van der Waals surface area contributed by atoms with Gasteiger partial charge in [0.15, 0.2) is 0 Å². The first-order valence-corrected chi connectivity index (χ1v) is 5.95. The highest BCUT2D eigenvalue weighted by atomic mass is 79.9. The van der Waals surface area contributed by atoms with Crippen LogP contribution in [-0.2, 0) is 12.8 Å². The van der Waals surface area contributed by atoms with E-state index in [0.29, 0.717) is 0 Å². The number of hydrogen-bond acceptors (Lipinski definition) is 1. The van der Waals surface area contributed by atoms with Crippen molar-refractivity contribution in [2.75, 3.05) is 7.11 Å². The van der Waals surface area contributed by atoms with Crippen molar-refractivity contribution in [1.29, 1.82) is 0 Å². The molecule has 1 aliphatic rings. The molecule has 1 aromatic carbocycles. The van der Waals surface area contributed by atoms with Gasteiger partial charge in [0.2, 0.25) is 0 Å². The van der Waals surface area contributed by atoms with E-state index >= 15 is 0 Å². The summed E-state index contributed by atoms with van der Waals surface area (Å²) in [6, 6.07) is 1.94. The normalized spacial score (nSPS) is 15.1. The molecule has 76 valence electrons. The molecule has 0 aromatic heterocycles. The van der Waals surface area contributed by atoms with E-state index in [9.17, 15) is 0 Å². The number of methoxy groups -OCH3 is 1. The van der Waals surface area contributed by atoms with Crippen molar-refractivity contribution in [2.24, 2.45) is 0 Å². The Balaban J connectivity index is 2.61.